The van der Waals surface area contributed by atoms with E-state index in [0.29, 0.717) is 11.3 Å². The molecule has 0 spiro atoms. The van der Waals surface area contributed by atoms with Gasteiger partial charge in [-0.25, -0.2) is 0 Å². The van der Waals surface area contributed by atoms with Gasteiger partial charge >= 0.3 is 0 Å². The highest BCUT2D eigenvalue weighted by molar-refractivity contribution is 9.10. The van der Waals surface area contributed by atoms with Crippen LogP contribution < -0.4 is 9.84 Å². The molecule has 1 N–H and O–H groups in total. The molecular weight excluding hydrogens is 252 g/mol. The largest absolute Gasteiger partial charge is 0.546 e. The zero-order valence-corrected chi connectivity index (χ0v) is 8.78. The lowest BCUT2D eigenvalue weighted by atomic mass is 10.2. The van der Waals surface area contributed by atoms with Crippen LogP contribution in [0.4, 0.5) is 0 Å². The van der Waals surface area contributed by atoms with Crippen molar-refractivity contribution >= 4 is 21.9 Å². The van der Waals surface area contributed by atoms with Crippen molar-refractivity contribution in [2.24, 2.45) is 0 Å². The van der Waals surface area contributed by atoms with E-state index < -0.39 is 12.6 Å². The SMILES string of the molecule is O=C([O-])COc1ccc(Br)cc1CO. The van der Waals surface area contributed by atoms with Crippen molar-refractivity contribution in [2.75, 3.05) is 6.61 Å². The predicted octanol–water partition coefficient (Wildman–Crippen LogP) is 0.0701. The Kier molecular flexibility index (Phi) is 3.91. The van der Waals surface area contributed by atoms with Crippen molar-refractivity contribution < 1.29 is 19.7 Å². The van der Waals surface area contributed by atoms with E-state index in [1.807, 2.05) is 0 Å². The molecule has 0 saturated heterocycles. The maximum absolute atomic E-state index is 10.1. The van der Waals surface area contributed by atoms with E-state index in [1.165, 1.54) is 0 Å². The molecule has 0 aliphatic carbocycles. The number of carbonyl (C=O) groups excluding carboxylic acids is 1. The molecule has 4 nitrogen and oxygen atoms in total. The molecule has 1 aromatic rings. The average molecular weight is 260 g/mol. The van der Waals surface area contributed by atoms with E-state index in [9.17, 15) is 9.90 Å². The van der Waals surface area contributed by atoms with Crippen molar-refractivity contribution in [1.82, 2.24) is 0 Å². The first-order chi connectivity index (χ1) is 6.63. The first kappa shape index (κ1) is 11.0. The third-order valence-electron chi connectivity index (χ3n) is 1.54. The third-order valence-corrected chi connectivity index (χ3v) is 2.03. The van der Waals surface area contributed by atoms with Crippen LogP contribution in [-0.2, 0) is 11.4 Å². The zero-order chi connectivity index (χ0) is 10.6. The molecule has 0 radical (unpaired) electrons. The van der Waals surface area contributed by atoms with Crippen LogP contribution in [0.3, 0.4) is 0 Å². The minimum Gasteiger partial charge on any atom is -0.546 e. The third kappa shape index (κ3) is 3.01. The molecule has 5 heteroatoms. The fraction of sp³-hybridized carbons (Fsp3) is 0.222. The van der Waals surface area contributed by atoms with Gasteiger partial charge in [0, 0.05) is 10.0 Å². The van der Waals surface area contributed by atoms with Crippen LogP contribution in [0.2, 0.25) is 0 Å². The van der Waals surface area contributed by atoms with Crippen molar-refractivity contribution in [1.29, 1.82) is 0 Å². The van der Waals surface area contributed by atoms with E-state index >= 15 is 0 Å². The summed E-state index contributed by atoms with van der Waals surface area (Å²) in [5, 5.41) is 19.1. The number of aliphatic hydroxyl groups excluding tert-OH is 1. The minimum absolute atomic E-state index is 0.207. The number of benzene rings is 1. The maximum atomic E-state index is 10.1. The second-order valence-electron chi connectivity index (χ2n) is 2.57. The number of aliphatic hydroxyl groups is 1. The first-order valence-corrected chi connectivity index (χ1v) is 4.64. The maximum Gasteiger partial charge on any atom is 0.128 e. The van der Waals surface area contributed by atoms with E-state index in [2.05, 4.69) is 15.9 Å². The van der Waals surface area contributed by atoms with Gasteiger partial charge < -0.3 is 19.7 Å². The number of aliphatic carboxylic acids is 1. The second kappa shape index (κ2) is 4.97. The highest BCUT2D eigenvalue weighted by atomic mass is 79.9. The molecule has 0 bridgehead atoms. The summed E-state index contributed by atoms with van der Waals surface area (Å²) in [4.78, 5) is 10.1. The number of ether oxygens (including phenoxy) is 1. The molecular formula is C9H8BrO4-. The van der Waals surface area contributed by atoms with E-state index in [0.717, 1.165) is 4.47 Å². The smallest absolute Gasteiger partial charge is 0.128 e. The highest BCUT2D eigenvalue weighted by Crippen LogP contribution is 2.22. The molecule has 0 saturated carbocycles. The van der Waals surface area contributed by atoms with Crippen LogP contribution in [0, 0.1) is 0 Å². The van der Waals surface area contributed by atoms with Gasteiger partial charge in [-0.15, -0.1) is 0 Å². The van der Waals surface area contributed by atoms with E-state index in [-0.39, 0.29) is 6.61 Å². The Balaban J connectivity index is 2.80. The Hall–Kier alpha value is -1.07. The minimum atomic E-state index is -1.29. The molecule has 0 amide bonds. The number of rotatable bonds is 4. The Bertz CT molecular complexity index is 338. The fourth-order valence-electron chi connectivity index (χ4n) is 0.949. The number of hydrogen-bond donors (Lipinski definition) is 1. The van der Waals surface area contributed by atoms with Gasteiger partial charge in [-0.2, -0.15) is 0 Å². The molecule has 14 heavy (non-hydrogen) atoms. The molecule has 0 aliphatic rings. The zero-order valence-electron chi connectivity index (χ0n) is 7.20. The molecule has 1 rings (SSSR count). The summed E-state index contributed by atoms with van der Waals surface area (Å²) in [5.41, 5.74) is 0.528. The van der Waals surface area contributed by atoms with Gasteiger partial charge in [0.05, 0.1) is 12.6 Å². The van der Waals surface area contributed by atoms with Gasteiger partial charge in [0.25, 0.3) is 0 Å². The van der Waals surface area contributed by atoms with Crippen molar-refractivity contribution in [3.8, 4) is 5.75 Å². The van der Waals surface area contributed by atoms with Crippen LogP contribution in [0.1, 0.15) is 5.56 Å². The molecule has 0 fully saturated rings. The summed E-state index contributed by atoms with van der Waals surface area (Å²) in [6.45, 7) is -0.726. The summed E-state index contributed by atoms with van der Waals surface area (Å²) in [6, 6.07) is 4.94. The molecule has 1 aromatic carbocycles. The van der Waals surface area contributed by atoms with Crippen molar-refractivity contribution in [3.63, 3.8) is 0 Å². The lowest BCUT2D eigenvalue weighted by molar-refractivity contribution is -0.307. The summed E-state index contributed by atoms with van der Waals surface area (Å²) in [5.74, 6) is -0.947. The van der Waals surface area contributed by atoms with Gasteiger partial charge in [0.2, 0.25) is 0 Å². The topological polar surface area (TPSA) is 69.6 Å². The molecule has 0 aromatic heterocycles. The van der Waals surface area contributed by atoms with Crippen LogP contribution in [0.25, 0.3) is 0 Å². The van der Waals surface area contributed by atoms with Gasteiger partial charge in [-0.05, 0) is 18.2 Å². The van der Waals surface area contributed by atoms with Gasteiger partial charge in [-0.1, -0.05) is 15.9 Å². The fourth-order valence-corrected chi connectivity index (χ4v) is 1.36. The summed E-state index contributed by atoms with van der Waals surface area (Å²) < 4.78 is 5.70. The Labute approximate surface area is 89.3 Å². The number of carbonyl (C=O) groups is 1. The quantitative estimate of drug-likeness (QED) is 0.831. The van der Waals surface area contributed by atoms with E-state index in [1.54, 1.807) is 18.2 Å². The van der Waals surface area contributed by atoms with Crippen LogP contribution in [0.15, 0.2) is 22.7 Å². The normalized spacial score (nSPS) is 9.86. The van der Waals surface area contributed by atoms with Gasteiger partial charge in [-0.3, -0.25) is 0 Å². The lowest BCUT2D eigenvalue weighted by Gasteiger charge is -2.10. The van der Waals surface area contributed by atoms with Gasteiger partial charge in [0.1, 0.15) is 12.4 Å². The summed E-state index contributed by atoms with van der Waals surface area (Å²) in [6.07, 6.45) is 0. The Morgan fingerprint density at radius 2 is 2.29 bits per heavy atom. The Morgan fingerprint density at radius 3 is 2.86 bits per heavy atom. The second-order valence-corrected chi connectivity index (χ2v) is 3.49. The van der Waals surface area contributed by atoms with Crippen LogP contribution in [-0.4, -0.2) is 17.7 Å². The number of halogens is 1. The molecule has 76 valence electrons. The lowest BCUT2D eigenvalue weighted by Crippen LogP contribution is -2.29. The Morgan fingerprint density at radius 1 is 1.57 bits per heavy atom. The van der Waals surface area contributed by atoms with Crippen molar-refractivity contribution in [2.45, 2.75) is 6.61 Å². The predicted molar refractivity (Wildman–Crippen MR) is 50.6 cm³/mol. The van der Waals surface area contributed by atoms with Gasteiger partial charge in [0.15, 0.2) is 0 Å². The number of carboxylic acids is 1. The first-order valence-electron chi connectivity index (χ1n) is 3.85. The van der Waals surface area contributed by atoms with Crippen LogP contribution >= 0.6 is 15.9 Å². The van der Waals surface area contributed by atoms with E-state index in [4.69, 9.17) is 9.84 Å². The average Bonchev–Trinajstić information content (AvgIpc) is 2.15. The summed E-state index contributed by atoms with van der Waals surface area (Å²) >= 11 is 3.22. The summed E-state index contributed by atoms with van der Waals surface area (Å²) in [7, 11) is 0. The standard InChI is InChI=1S/C9H9BrO4/c10-7-1-2-8(6(3-7)4-11)14-5-9(12)13/h1-3,11H,4-5H2,(H,12,13)/p-1. The number of carboxylic acid groups (broad SMARTS) is 1. The number of hydrogen-bond acceptors (Lipinski definition) is 4. The molecule has 0 atom stereocenters. The molecule has 0 aliphatic heterocycles. The highest BCUT2D eigenvalue weighted by Gasteiger charge is 2.03. The molecule has 0 heterocycles. The van der Waals surface area contributed by atoms with Crippen LogP contribution in [0.5, 0.6) is 5.75 Å². The molecule has 0 unspecified atom stereocenters. The monoisotopic (exact) mass is 259 g/mol. The van der Waals surface area contributed by atoms with Crippen molar-refractivity contribution in [3.05, 3.63) is 28.2 Å².